The van der Waals surface area contributed by atoms with Crippen molar-refractivity contribution in [2.24, 2.45) is 5.92 Å². The standard InChI is InChI=1S/C24H27ClN2O5S/c1-2-32-23(29)24(13-14-24)18-5-9-20(10-6-18)26-22(28)17-4-3-15-27(16-17)33(30,31)21-11-7-19(25)8-12-21/h5-12,17H,2-4,13-16H2,1H3,(H,26,28)/t17-/m1/s1. The molecule has 176 valence electrons. The van der Waals surface area contributed by atoms with E-state index < -0.39 is 21.4 Å². The molecule has 1 aliphatic carbocycles. The highest BCUT2D eigenvalue weighted by molar-refractivity contribution is 7.89. The number of carbonyl (C=O) groups excluding carboxylic acids is 2. The van der Waals surface area contributed by atoms with Crippen molar-refractivity contribution in [2.75, 3.05) is 25.0 Å². The van der Waals surface area contributed by atoms with Crippen molar-refractivity contribution in [3.63, 3.8) is 0 Å². The van der Waals surface area contributed by atoms with E-state index in [1.54, 1.807) is 31.2 Å². The van der Waals surface area contributed by atoms with E-state index in [0.717, 1.165) is 18.4 Å². The summed E-state index contributed by atoms with van der Waals surface area (Å²) in [5.41, 5.74) is 0.941. The molecule has 2 fully saturated rings. The predicted octanol–water partition coefficient (Wildman–Crippen LogP) is 3.97. The minimum absolute atomic E-state index is 0.126. The molecule has 0 aromatic heterocycles. The van der Waals surface area contributed by atoms with Gasteiger partial charge >= 0.3 is 5.97 Å². The first-order valence-corrected chi connectivity index (χ1v) is 12.9. The normalized spacial score (nSPS) is 20.1. The topological polar surface area (TPSA) is 92.8 Å². The number of piperidine rings is 1. The molecule has 2 aromatic rings. The Morgan fingerprint density at radius 3 is 2.39 bits per heavy atom. The lowest BCUT2D eigenvalue weighted by Gasteiger charge is -2.31. The van der Waals surface area contributed by atoms with Crippen molar-refractivity contribution in [2.45, 2.75) is 42.9 Å². The van der Waals surface area contributed by atoms with Gasteiger partial charge in [-0.1, -0.05) is 23.7 Å². The molecule has 33 heavy (non-hydrogen) atoms. The van der Waals surface area contributed by atoms with Gasteiger partial charge in [0.25, 0.3) is 0 Å². The van der Waals surface area contributed by atoms with Crippen molar-refractivity contribution in [1.29, 1.82) is 0 Å². The molecule has 0 unspecified atom stereocenters. The molecular weight excluding hydrogens is 464 g/mol. The van der Waals surface area contributed by atoms with Crippen molar-refractivity contribution in [3.05, 3.63) is 59.1 Å². The van der Waals surface area contributed by atoms with Gasteiger partial charge in [0.15, 0.2) is 0 Å². The first kappa shape index (κ1) is 23.7. The summed E-state index contributed by atoms with van der Waals surface area (Å²) in [6.45, 7) is 2.64. The highest BCUT2D eigenvalue weighted by atomic mass is 35.5. The summed E-state index contributed by atoms with van der Waals surface area (Å²) >= 11 is 5.87. The third-order valence-electron chi connectivity index (χ3n) is 6.33. The summed E-state index contributed by atoms with van der Waals surface area (Å²) in [6.07, 6.45) is 2.74. The Bertz CT molecular complexity index is 1130. The van der Waals surface area contributed by atoms with Crippen LogP contribution >= 0.6 is 11.6 Å². The third-order valence-corrected chi connectivity index (χ3v) is 8.46. The summed E-state index contributed by atoms with van der Waals surface area (Å²) in [6, 6.07) is 13.3. The summed E-state index contributed by atoms with van der Waals surface area (Å²) in [7, 11) is -3.70. The van der Waals surface area contributed by atoms with Gasteiger partial charge in [0.2, 0.25) is 15.9 Å². The lowest BCUT2D eigenvalue weighted by molar-refractivity contribution is -0.146. The number of rotatable bonds is 7. The number of sulfonamides is 1. The maximum Gasteiger partial charge on any atom is 0.316 e. The van der Waals surface area contributed by atoms with Crippen LogP contribution in [0.15, 0.2) is 53.4 Å². The molecule has 0 spiro atoms. The van der Waals surface area contributed by atoms with Gasteiger partial charge in [0.1, 0.15) is 0 Å². The second-order valence-electron chi connectivity index (χ2n) is 8.53. The molecule has 2 aromatic carbocycles. The smallest absolute Gasteiger partial charge is 0.316 e. The van der Waals surface area contributed by atoms with Crippen LogP contribution in [0.3, 0.4) is 0 Å². The largest absolute Gasteiger partial charge is 0.465 e. The van der Waals surface area contributed by atoms with Crippen LogP contribution in [0.25, 0.3) is 0 Å². The van der Waals surface area contributed by atoms with Crippen LogP contribution in [0.5, 0.6) is 0 Å². The van der Waals surface area contributed by atoms with E-state index in [4.69, 9.17) is 16.3 Å². The van der Waals surface area contributed by atoms with E-state index in [0.29, 0.717) is 36.7 Å². The molecule has 1 saturated carbocycles. The van der Waals surface area contributed by atoms with Gasteiger partial charge in [-0.05, 0) is 74.6 Å². The van der Waals surface area contributed by atoms with Crippen LogP contribution in [-0.4, -0.2) is 44.3 Å². The van der Waals surface area contributed by atoms with Crippen LogP contribution in [0.4, 0.5) is 5.69 Å². The summed E-state index contributed by atoms with van der Waals surface area (Å²) in [4.78, 5) is 25.3. The molecule has 1 heterocycles. The number of hydrogen-bond donors (Lipinski definition) is 1. The predicted molar refractivity (Wildman–Crippen MR) is 126 cm³/mol. The molecule has 0 radical (unpaired) electrons. The maximum absolute atomic E-state index is 13.0. The quantitative estimate of drug-likeness (QED) is 0.593. The van der Waals surface area contributed by atoms with E-state index >= 15 is 0 Å². The Balaban J connectivity index is 1.40. The molecule has 2 aliphatic rings. The van der Waals surface area contributed by atoms with Crippen molar-refractivity contribution in [1.82, 2.24) is 4.31 Å². The lowest BCUT2D eigenvalue weighted by atomic mass is 9.95. The van der Waals surface area contributed by atoms with Gasteiger partial charge in [-0.15, -0.1) is 0 Å². The minimum atomic E-state index is -3.70. The van der Waals surface area contributed by atoms with E-state index in [9.17, 15) is 18.0 Å². The van der Waals surface area contributed by atoms with Crippen molar-refractivity contribution in [3.8, 4) is 0 Å². The molecular formula is C24H27ClN2O5S. The monoisotopic (exact) mass is 490 g/mol. The zero-order valence-electron chi connectivity index (χ0n) is 18.4. The average Bonchev–Trinajstić information content (AvgIpc) is 3.62. The highest BCUT2D eigenvalue weighted by Crippen LogP contribution is 2.49. The molecule has 4 rings (SSSR count). The Hall–Kier alpha value is -2.42. The minimum Gasteiger partial charge on any atom is -0.465 e. The number of ether oxygens (including phenoxy) is 1. The van der Waals surface area contributed by atoms with Gasteiger partial charge in [-0.3, -0.25) is 9.59 Å². The zero-order chi connectivity index (χ0) is 23.6. The number of amides is 1. The van der Waals surface area contributed by atoms with Gasteiger partial charge in [-0.25, -0.2) is 8.42 Å². The fraction of sp³-hybridized carbons (Fsp3) is 0.417. The highest BCUT2D eigenvalue weighted by Gasteiger charge is 2.52. The molecule has 9 heteroatoms. The molecule has 1 aliphatic heterocycles. The number of nitrogens with zero attached hydrogens (tertiary/aromatic N) is 1. The number of carbonyl (C=O) groups is 2. The average molecular weight is 491 g/mol. The second-order valence-corrected chi connectivity index (χ2v) is 10.9. The van der Waals surface area contributed by atoms with E-state index in [1.165, 1.54) is 16.4 Å². The Kier molecular flexibility index (Phi) is 6.79. The fourth-order valence-corrected chi connectivity index (χ4v) is 5.90. The number of anilines is 1. The summed E-state index contributed by atoms with van der Waals surface area (Å²) in [5.74, 6) is -0.869. The number of halogens is 1. The van der Waals surface area contributed by atoms with Crippen molar-refractivity contribution < 1.29 is 22.7 Å². The first-order chi connectivity index (χ1) is 15.8. The molecule has 1 N–H and O–H groups in total. The summed E-state index contributed by atoms with van der Waals surface area (Å²) < 4.78 is 32.5. The SMILES string of the molecule is CCOC(=O)C1(c2ccc(NC(=O)[C@@H]3CCCN(S(=O)(=O)c4ccc(Cl)cc4)C3)cc2)CC1. The van der Waals surface area contributed by atoms with Crippen molar-refractivity contribution >= 4 is 39.2 Å². The Morgan fingerprint density at radius 1 is 1.12 bits per heavy atom. The van der Waals surface area contributed by atoms with Crippen LogP contribution in [0.1, 0.15) is 38.2 Å². The lowest BCUT2D eigenvalue weighted by Crippen LogP contribution is -2.43. The fourth-order valence-electron chi connectivity index (χ4n) is 4.25. The molecule has 7 nitrogen and oxygen atoms in total. The zero-order valence-corrected chi connectivity index (χ0v) is 20.0. The first-order valence-electron chi connectivity index (χ1n) is 11.1. The van der Waals surface area contributed by atoms with Crippen LogP contribution in [0, 0.1) is 5.92 Å². The van der Waals surface area contributed by atoms with E-state index in [-0.39, 0.29) is 23.3 Å². The van der Waals surface area contributed by atoms with E-state index in [2.05, 4.69) is 5.32 Å². The molecule has 1 atom stereocenters. The van der Waals surface area contributed by atoms with Gasteiger partial charge in [0, 0.05) is 23.8 Å². The van der Waals surface area contributed by atoms with Crippen LogP contribution in [0.2, 0.25) is 5.02 Å². The van der Waals surface area contributed by atoms with Gasteiger partial charge < -0.3 is 10.1 Å². The van der Waals surface area contributed by atoms with Gasteiger partial charge in [0.05, 0.1) is 22.8 Å². The maximum atomic E-state index is 13.0. The van der Waals surface area contributed by atoms with Crippen LogP contribution < -0.4 is 5.32 Å². The second kappa shape index (κ2) is 9.44. The van der Waals surface area contributed by atoms with Crippen LogP contribution in [-0.2, 0) is 29.8 Å². The Labute approximate surface area is 199 Å². The number of esters is 1. The number of benzene rings is 2. The molecule has 0 bridgehead atoms. The Morgan fingerprint density at radius 2 is 1.79 bits per heavy atom. The molecule has 1 amide bonds. The number of nitrogens with one attached hydrogen (secondary N) is 1. The third kappa shape index (κ3) is 4.93. The number of hydrogen-bond acceptors (Lipinski definition) is 5. The molecule has 1 saturated heterocycles. The summed E-state index contributed by atoms with van der Waals surface area (Å²) in [5, 5.41) is 3.35. The van der Waals surface area contributed by atoms with E-state index in [1.807, 2.05) is 12.1 Å². The van der Waals surface area contributed by atoms with Gasteiger partial charge in [-0.2, -0.15) is 4.31 Å².